The molecule has 3 nitrogen and oxygen atoms in total. The Morgan fingerprint density at radius 3 is 1.38 bits per heavy atom. The van der Waals surface area contributed by atoms with Crippen molar-refractivity contribution in [2.45, 2.75) is 188 Å². The van der Waals surface area contributed by atoms with Crippen molar-refractivity contribution in [1.82, 2.24) is 0 Å². The van der Waals surface area contributed by atoms with Gasteiger partial charge in [0, 0.05) is 51.2 Å². The van der Waals surface area contributed by atoms with Crippen molar-refractivity contribution in [2.24, 2.45) is 0 Å². The van der Waals surface area contributed by atoms with E-state index >= 15 is 0 Å². The first-order chi connectivity index (χ1) is 38.0. The lowest BCUT2D eigenvalue weighted by Gasteiger charge is -2.48. The molecule has 0 saturated heterocycles. The normalized spacial score (nSPS) is 17.8. The molecule has 0 amide bonds. The second-order valence-electron chi connectivity index (χ2n) is 30.9. The molecule has 8 aromatic carbocycles. The van der Waals surface area contributed by atoms with Crippen molar-refractivity contribution in [1.29, 1.82) is 0 Å². The Hall–Kier alpha value is -6.78. The molecular weight excluding hydrogens is 978 g/mol. The molecule has 0 atom stereocenters. The first-order valence-corrected chi connectivity index (χ1v) is 30.5. The third-order valence-electron chi connectivity index (χ3n) is 20.3. The van der Waals surface area contributed by atoms with Gasteiger partial charge in [0.25, 0.3) is 6.71 Å². The summed E-state index contributed by atoms with van der Waals surface area (Å²) >= 11 is 0. The van der Waals surface area contributed by atoms with Crippen molar-refractivity contribution in [3.63, 3.8) is 0 Å². The van der Waals surface area contributed by atoms with E-state index in [0.29, 0.717) is 0 Å². The summed E-state index contributed by atoms with van der Waals surface area (Å²) < 4.78 is 0. The Balaban J connectivity index is 1.13. The van der Waals surface area contributed by atoms with Crippen LogP contribution in [0.5, 0.6) is 0 Å². The van der Waals surface area contributed by atoms with E-state index in [1.54, 1.807) is 0 Å². The highest BCUT2D eigenvalue weighted by atomic mass is 15.2. The summed E-state index contributed by atoms with van der Waals surface area (Å²) in [5.74, 6) is 0. The molecule has 0 radical (unpaired) electrons. The summed E-state index contributed by atoms with van der Waals surface area (Å²) in [5.41, 5.74) is 30.7. The Kier molecular flexibility index (Phi) is 11.8. The van der Waals surface area contributed by atoms with Crippen molar-refractivity contribution < 1.29 is 0 Å². The fourth-order valence-electron chi connectivity index (χ4n) is 14.8. The van der Waals surface area contributed by atoms with Gasteiger partial charge in [-0.05, 0) is 226 Å². The monoisotopic (exact) mass is 1060 g/mol. The Labute approximate surface area is 486 Å². The molecule has 2 heterocycles. The van der Waals surface area contributed by atoms with Crippen LogP contribution in [0.15, 0.2) is 152 Å². The number of hydrogen-bond acceptors (Lipinski definition) is 3. The summed E-state index contributed by atoms with van der Waals surface area (Å²) in [5, 5.41) is 0. The van der Waals surface area contributed by atoms with E-state index in [0.717, 1.165) is 36.3 Å². The van der Waals surface area contributed by atoms with Crippen molar-refractivity contribution in [3.8, 4) is 11.1 Å². The van der Waals surface area contributed by atoms with Gasteiger partial charge in [-0.3, -0.25) is 0 Å². The predicted molar refractivity (Wildman–Crippen MR) is 350 cm³/mol. The molecule has 0 unspecified atom stereocenters. The van der Waals surface area contributed by atoms with Crippen molar-refractivity contribution >= 4 is 74.3 Å². The fraction of sp³-hybridized carbons (Fsp3) is 0.377. The topological polar surface area (TPSA) is 9.72 Å². The van der Waals surface area contributed by atoms with Crippen molar-refractivity contribution in [2.75, 3.05) is 14.7 Å². The molecule has 2 aliphatic heterocycles. The molecule has 0 spiro atoms. The Morgan fingerprint density at radius 2 is 0.827 bits per heavy atom. The summed E-state index contributed by atoms with van der Waals surface area (Å²) in [6, 6.07) is 60.8. The van der Waals surface area contributed by atoms with Crippen LogP contribution in [0.3, 0.4) is 0 Å². The molecule has 4 heteroatoms. The minimum atomic E-state index is -0.156. The van der Waals surface area contributed by atoms with E-state index < -0.39 is 0 Å². The first kappa shape index (κ1) is 53.5. The second kappa shape index (κ2) is 17.9. The average molecular weight is 1060 g/mol. The van der Waals surface area contributed by atoms with Gasteiger partial charge in [-0.15, -0.1) is 0 Å². The Bertz CT molecular complexity index is 3810. The van der Waals surface area contributed by atoms with Crippen LogP contribution >= 0.6 is 0 Å². The number of hydrogen-bond donors (Lipinski definition) is 0. The molecule has 0 bridgehead atoms. The molecule has 3 aliphatic carbocycles. The van der Waals surface area contributed by atoms with Crippen LogP contribution in [0.25, 0.3) is 11.1 Å². The van der Waals surface area contributed by atoms with E-state index in [9.17, 15) is 0 Å². The van der Waals surface area contributed by atoms with Crippen LogP contribution in [0, 0.1) is 0 Å². The van der Waals surface area contributed by atoms with Gasteiger partial charge in [0.05, 0.1) is 0 Å². The zero-order valence-electron chi connectivity index (χ0n) is 51.9. The average Bonchev–Trinajstić information content (AvgIpc) is 1.70. The van der Waals surface area contributed by atoms with Gasteiger partial charge in [-0.25, -0.2) is 0 Å². The number of anilines is 9. The lowest BCUT2D eigenvalue weighted by atomic mass is 9.33. The number of rotatable bonds is 5. The van der Waals surface area contributed by atoms with Crippen LogP contribution in [0.4, 0.5) is 51.2 Å². The molecule has 13 rings (SSSR count). The highest BCUT2D eigenvalue weighted by Crippen LogP contribution is 2.54. The van der Waals surface area contributed by atoms with Gasteiger partial charge >= 0.3 is 0 Å². The third-order valence-corrected chi connectivity index (χ3v) is 20.3. The summed E-state index contributed by atoms with van der Waals surface area (Å²) in [6.45, 7) is 40.9. The van der Waals surface area contributed by atoms with Crippen LogP contribution in [-0.4, -0.2) is 6.71 Å². The van der Waals surface area contributed by atoms with Gasteiger partial charge in [0.2, 0.25) is 0 Å². The van der Waals surface area contributed by atoms with Gasteiger partial charge < -0.3 is 14.7 Å². The number of nitrogens with zero attached hydrogens (tertiary/aromatic N) is 3. The maximum atomic E-state index is 2.73. The molecule has 0 aromatic heterocycles. The molecule has 8 aromatic rings. The van der Waals surface area contributed by atoms with Gasteiger partial charge in [0.15, 0.2) is 0 Å². The Morgan fingerprint density at radius 1 is 0.370 bits per heavy atom. The van der Waals surface area contributed by atoms with E-state index in [4.69, 9.17) is 0 Å². The molecule has 81 heavy (non-hydrogen) atoms. The highest BCUT2D eigenvalue weighted by molar-refractivity contribution is 7.00. The lowest BCUT2D eigenvalue weighted by Crippen LogP contribution is -2.62. The molecule has 0 saturated carbocycles. The lowest BCUT2D eigenvalue weighted by molar-refractivity contribution is 0.332. The van der Waals surface area contributed by atoms with E-state index in [1.165, 1.54) is 125 Å². The SMILES string of the molecule is CC(C)(C)c1ccc(N(c2ccc(C(C)(C)C)cc2)c2ccc3c(c2)N(c2ccc4c(c2)-c2ccccc2C4)c2cc(C(C)(C)C)cc4c2B3c2cc3c(cc2N4c2ccc4c(c2)C(C)(C)CCC4(C)C)C(C)(C)CCC3(C)C)cc1. The first-order valence-electron chi connectivity index (χ1n) is 30.5. The third kappa shape index (κ3) is 8.65. The minimum absolute atomic E-state index is 0.0189. The van der Waals surface area contributed by atoms with Gasteiger partial charge in [0.1, 0.15) is 0 Å². The maximum Gasteiger partial charge on any atom is 0.252 e. The molecule has 0 N–H and O–H groups in total. The van der Waals surface area contributed by atoms with Crippen LogP contribution in [0.1, 0.15) is 193 Å². The van der Waals surface area contributed by atoms with Crippen LogP contribution in [-0.2, 0) is 44.3 Å². The molecule has 0 fully saturated rings. The van der Waals surface area contributed by atoms with E-state index in [1.807, 2.05) is 0 Å². The second-order valence-corrected chi connectivity index (χ2v) is 30.9. The predicted octanol–water partition coefficient (Wildman–Crippen LogP) is 19.4. The number of fused-ring (bicyclic) bond motifs is 9. The summed E-state index contributed by atoms with van der Waals surface area (Å²) in [4.78, 5) is 7.91. The van der Waals surface area contributed by atoms with Crippen molar-refractivity contribution in [3.05, 3.63) is 202 Å². The van der Waals surface area contributed by atoms with Crippen LogP contribution < -0.4 is 31.1 Å². The summed E-state index contributed by atoms with van der Waals surface area (Å²) in [7, 11) is 0. The zero-order chi connectivity index (χ0) is 57.3. The zero-order valence-corrected chi connectivity index (χ0v) is 51.9. The minimum Gasteiger partial charge on any atom is -0.311 e. The largest absolute Gasteiger partial charge is 0.311 e. The standard InChI is InChI=1S/C77H86BN3/c1-71(2,3)50-23-28-53(29-24-50)79(54-30-25-51(26-31-54)72(4,5)6)57-33-35-64-66(45-57)80(55-27-22-49-40-48-20-18-19-21-58(48)59(49)43-55)68-41-52(73(7,8)9)42-69-70(68)78(64)65-46-62-63(77(16,17)39-38-76(62,14)15)47-67(65)81(69)56-32-34-60-61(44-56)75(12,13)37-36-74(60,10)11/h18-35,41-47H,36-40H2,1-17H3. The van der Waals surface area contributed by atoms with Gasteiger partial charge in [-0.1, -0.05) is 190 Å². The van der Waals surface area contributed by atoms with E-state index in [2.05, 4.69) is 284 Å². The molecule has 5 aliphatic rings. The van der Waals surface area contributed by atoms with Crippen LogP contribution in [0.2, 0.25) is 0 Å². The molecule has 412 valence electrons. The van der Waals surface area contributed by atoms with Gasteiger partial charge in [-0.2, -0.15) is 0 Å². The van der Waals surface area contributed by atoms with E-state index in [-0.39, 0.29) is 44.6 Å². The summed E-state index contributed by atoms with van der Waals surface area (Å²) in [6.07, 6.45) is 5.63. The fourth-order valence-corrected chi connectivity index (χ4v) is 14.8. The quantitative estimate of drug-likeness (QED) is 0.159. The number of benzene rings is 8. The smallest absolute Gasteiger partial charge is 0.252 e. The molecular formula is C77H86BN3. The highest BCUT2D eigenvalue weighted by Gasteiger charge is 2.48. The maximum absolute atomic E-state index is 2.73.